The lowest BCUT2D eigenvalue weighted by Crippen LogP contribution is -2.30. The highest BCUT2D eigenvalue weighted by atomic mass is 16.6. The van der Waals surface area contributed by atoms with Crippen molar-refractivity contribution >= 4 is 17.9 Å². The lowest BCUT2D eigenvalue weighted by Gasteiger charge is -2.18. The molecule has 0 bridgehead atoms. The normalized spacial score (nSPS) is 12.6. The van der Waals surface area contributed by atoms with Crippen molar-refractivity contribution < 1.29 is 28.6 Å². The van der Waals surface area contributed by atoms with E-state index in [4.69, 9.17) is 14.2 Å². The van der Waals surface area contributed by atoms with Gasteiger partial charge in [-0.05, 0) is 70.6 Å². The fraction of sp³-hybridized carbons (Fsp3) is 0.729. The molecular formula is C48H82O6. The molecule has 0 aliphatic rings. The van der Waals surface area contributed by atoms with Crippen LogP contribution in [0.5, 0.6) is 0 Å². The summed E-state index contributed by atoms with van der Waals surface area (Å²) in [5.74, 6) is -1.01. The van der Waals surface area contributed by atoms with Crippen LogP contribution < -0.4 is 0 Å². The van der Waals surface area contributed by atoms with Crippen molar-refractivity contribution in [1.82, 2.24) is 0 Å². The average molecular weight is 755 g/mol. The van der Waals surface area contributed by atoms with E-state index < -0.39 is 12.1 Å². The Bertz CT molecular complexity index is 1010. The Balaban J connectivity index is 4.35. The SMILES string of the molecule is CC/C=C\C/C=C\C/C=C\C/C=C\CCC(=O)OC(COC(=O)CCCCCCCC)COC(=O)CCCCCCCCC/C=C\CCCCCCCC. The molecule has 1 unspecified atom stereocenters. The van der Waals surface area contributed by atoms with Crippen LogP contribution in [0, 0.1) is 0 Å². The number of esters is 3. The van der Waals surface area contributed by atoms with Gasteiger partial charge in [0, 0.05) is 19.3 Å². The summed E-state index contributed by atoms with van der Waals surface area (Å²) in [6, 6.07) is 0. The first kappa shape index (κ1) is 51.1. The minimum absolute atomic E-state index is 0.105. The molecule has 0 aliphatic heterocycles. The Morgan fingerprint density at radius 2 is 0.759 bits per heavy atom. The zero-order chi connectivity index (χ0) is 39.4. The van der Waals surface area contributed by atoms with E-state index in [2.05, 4.69) is 69.4 Å². The van der Waals surface area contributed by atoms with Crippen LogP contribution in [-0.4, -0.2) is 37.2 Å². The molecule has 0 aliphatic carbocycles. The number of rotatable bonds is 39. The summed E-state index contributed by atoms with van der Waals surface area (Å²) >= 11 is 0. The number of allylic oxidation sites excluding steroid dienone is 10. The Labute approximate surface area is 332 Å². The summed E-state index contributed by atoms with van der Waals surface area (Å²) < 4.78 is 16.5. The molecule has 6 nitrogen and oxygen atoms in total. The molecular weight excluding hydrogens is 673 g/mol. The smallest absolute Gasteiger partial charge is 0.306 e. The summed E-state index contributed by atoms with van der Waals surface area (Å²) in [5.41, 5.74) is 0. The number of ether oxygens (including phenoxy) is 3. The fourth-order valence-corrected chi connectivity index (χ4v) is 5.92. The highest BCUT2D eigenvalue weighted by molar-refractivity contribution is 5.71. The molecule has 0 amide bonds. The molecule has 0 N–H and O–H groups in total. The van der Waals surface area contributed by atoms with Gasteiger partial charge in [0.1, 0.15) is 13.2 Å². The van der Waals surface area contributed by atoms with Crippen LogP contribution in [0.4, 0.5) is 0 Å². The quantitative estimate of drug-likeness (QED) is 0.0269. The van der Waals surface area contributed by atoms with Crippen LogP contribution >= 0.6 is 0 Å². The minimum atomic E-state index is -0.808. The van der Waals surface area contributed by atoms with Crippen molar-refractivity contribution in [3.05, 3.63) is 60.8 Å². The summed E-state index contributed by atoms with van der Waals surface area (Å²) in [6.45, 7) is 6.37. The highest BCUT2D eigenvalue weighted by Gasteiger charge is 2.19. The van der Waals surface area contributed by atoms with Gasteiger partial charge < -0.3 is 14.2 Å². The van der Waals surface area contributed by atoms with Gasteiger partial charge in [-0.25, -0.2) is 0 Å². The Hall–Kier alpha value is -2.89. The molecule has 1 atom stereocenters. The van der Waals surface area contributed by atoms with Crippen molar-refractivity contribution in [2.75, 3.05) is 13.2 Å². The first-order valence-electron chi connectivity index (χ1n) is 22.3. The van der Waals surface area contributed by atoms with E-state index in [9.17, 15) is 14.4 Å². The van der Waals surface area contributed by atoms with Crippen LogP contribution in [0.3, 0.4) is 0 Å². The molecule has 310 valence electrons. The number of carbonyl (C=O) groups excluding carboxylic acids is 3. The molecule has 54 heavy (non-hydrogen) atoms. The van der Waals surface area contributed by atoms with Crippen LogP contribution in [0.25, 0.3) is 0 Å². The second kappa shape index (κ2) is 42.8. The van der Waals surface area contributed by atoms with E-state index in [1.807, 2.05) is 12.2 Å². The number of unbranched alkanes of at least 4 members (excludes halogenated alkanes) is 18. The van der Waals surface area contributed by atoms with E-state index in [0.717, 1.165) is 64.2 Å². The monoisotopic (exact) mass is 755 g/mol. The molecule has 0 aromatic carbocycles. The minimum Gasteiger partial charge on any atom is -0.462 e. The second-order valence-corrected chi connectivity index (χ2v) is 14.6. The van der Waals surface area contributed by atoms with E-state index in [1.54, 1.807) is 0 Å². The first-order chi connectivity index (χ1) is 26.5. The molecule has 0 fully saturated rings. The molecule has 0 heterocycles. The van der Waals surface area contributed by atoms with Gasteiger partial charge in [0.2, 0.25) is 0 Å². The Kier molecular flexibility index (Phi) is 40.6. The molecule has 0 saturated heterocycles. The van der Waals surface area contributed by atoms with Crippen LogP contribution in [-0.2, 0) is 28.6 Å². The third-order valence-corrected chi connectivity index (χ3v) is 9.27. The maximum Gasteiger partial charge on any atom is 0.306 e. The number of hydrogen-bond acceptors (Lipinski definition) is 6. The average Bonchev–Trinajstić information content (AvgIpc) is 3.17. The fourth-order valence-electron chi connectivity index (χ4n) is 5.92. The Morgan fingerprint density at radius 1 is 0.389 bits per heavy atom. The lowest BCUT2D eigenvalue weighted by atomic mass is 10.1. The van der Waals surface area contributed by atoms with Crippen LogP contribution in [0.2, 0.25) is 0 Å². The van der Waals surface area contributed by atoms with E-state index in [-0.39, 0.29) is 31.6 Å². The Morgan fingerprint density at radius 3 is 1.20 bits per heavy atom. The maximum absolute atomic E-state index is 12.6. The molecule has 0 aromatic heterocycles. The van der Waals surface area contributed by atoms with Gasteiger partial charge in [-0.2, -0.15) is 0 Å². The molecule has 6 heteroatoms. The van der Waals surface area contributed by atoms with E-state index in [1.165, 1.54) is 96.3 Å². The van der Waals surface area contributed by atoms with Gasteiger partial charge in [-0.3, -0.25) is 14.4 Å². The molecule has 0 rings (SSSR count). The van der Waals surface area contributed by atoms with Crippen LogP contribution in [0.1, 0.15) is 207 Å². The second-order valence-electron chi connectivity index (χ2n) is 14.6. The van der Waals surface area contributed by atoms with Crippen molar-refractivity contribution in [2.24, 2.45) is 0 Å². The molecule has 0 radical (unpaired) electrons. The van der Waals surface area contributed by atoms with Gasteiger partial charge >= 0.3 is 17.9 Å². The molecule has 0 aromatic rings. The first-order valence-corrected chi connectivity index (χ1v) is 22.3. The summed E-state index contributed by atoms with van der Waals surface area (Å²) in [5, 5.41) is 0. The van der Waals surface area contributed by atoms with E-state index >= 15 is 0 Å². The van der Waals surface area contributed by atoms with Gasteiger partial charge in [0.15, 0.2) is 6.10 Å². The van der Waals surface area contributed by atoms with Gasteiger partial charge in [0.05, 0.1) is 0 Å². The highest BCUT2D eigenvalue weighted by Crippen LogP contribution is 2.13. The van der Waals surface area contributed by atoms with E-state index in [0.29, 0.717) is 19.3 Å². The van der Waals surface area contributed by atoms with Crippen molar-refractivity contribution in [2.45, 2.75) is 213 Å². The summed E-state index contributed by atoms with van der Waals surface area (Å²) in [6.07, 6.45) is 51.0. The summed E-state index contributed by atoms with van der Waals surface area (Å²) in [7, 11) is 0. The number of hydrogen-bond donors (Lipinski definition) is 0. The standard InChI is InChI=1S/C48H82O6/c1-4-7-10-13-16-18-20-22-23-24-25-27-28-30-32-35-38-41-47(50)53-44-45(43-52-46(49)40-37-34-15-12-9-6-3)54-48(51)42-39-36-33-31-29-26-21-19-17-14-11-8-5-2/h8,11,17,19,22-23,26,29,33,36,45H,4-7,9-10,12-16,18,20-21,24-25,27-28,30-32,34-35,37-44H2,1-3H3/b11-8-,19-17-,23-22-,29-26-,36-33-. The van der Waals surface area contributed by atoms with Crippen molar-refractivity contribution in [3.63, 3.8) is 0 Å². The predicted molar refractivity (Wildman–Crippen MR) is 228 cm³/mol. The maximum atomic E-state index is 12.6. The molecule has 0 saturated carbocycles. The van der Waals surface area contributed by atoms with Gasteiger partial charge in [-0.15, -0.1) is 0 Å². The topological polar surface area (TPSA) is 78.9 Å². The zero-order valence-electron chi connectivity index (χ0n) is 35.2. The summed E-state index contributed by atoms with van der Waals surface area (Å²) in [4.78, 5) is 37.5. The van der Waals surface area contributed by atoms with Crippen molar-refractivity contribution in [1.29, 1.82) is 0 Å². The third kappa shape index (κ3) is 40.3. The zero-order valence-corrected chi connectivity index (χ0v) is 35.2. The van der Waals surface area contributed by atoms with Gasteiger partial charge in [0.25, 0.3) is 0 Å². The molecule has 0 spiro atoms. The predicted octanol–water partition coefficient (Wildman–Crippen LogP) is 14.1. The van der Waals surface area contributed by atoms with Crippen LogP contribution in [0.15, 0.2) is 60.8 Å². The number of carbonyl (C=O) groups is 3. The van der Waals surface area contributed by atoms with Crippen molar-refractivity contribution in [3.8, 4) is 0 Å². The van der Waals surface area contributed by atoms with Gasteiger partial charge in [-0.1, -0.05) is 178 Å². The lowest BCUT2D eigenvalue weighted by molar-refractivity contribution is -0.166. The largest absolute Gasteiger partial charge is 0.462 e. The third-order valence-electron chi connectivity index (χ3n) is 9.27.